The van der Waals surface area contributed by atoms with Crippen LogP contribution in [0.4, 0.5) is 5.69 Å². The predicted molar refractivity (Wildman–Crippen MR) is 81.8 cm³/mol. The van der Waals surface area contributed by atoms with Gasteiger partial charge >= 0.3 is 0 Å². The van der Waals surface area contributed by atoms with E-state index in [2.05, 4.69) is 61.6 Å². The third-order valence-electron chi connectivity index (χ3n) is 4.10. The summed E-state index contributed by atoms with van der Waals surface area (Å²) in [5.74, 6) is 0. The van der Waals surface area contributed by atoms with Crippen LogP contribution in [0.15, 0.2) is 42.5 Å². The standard InChI is InChI=1S/C18H21N/c1-13-7-8-14(2)18(11-13)19-17-10-9-15-5-3-4-6-16(15)12-17/h3-8,11,17,19H,9-10,12H2,1-2H3. The third-order valence-corrected chi connectivity index (χ3v) is 4.10. The van der Waals surface area contributed by atoms with Gasteiger partial charge in [0.05, 0.1) is 0 Å². The van der Waals surface area contributed by atoms with E-state index in [1.165, 1.54) is 40.8 Å². The lowest BCUT2D eigenvalue weighted by Gasteiger charge is -2.27. The van der Waals surface area contributed by atoms with E-state index in [-0.39, 0.29) is 0 Å². The second-order valence-corrected chi connectivity index (χ2v) is 5.67. The van der Waals surface area contributed by atoms with Crippen LogP contribution in [0.5, 0.6) is 0 Å². The Bertz CT molecular complexity index is 586. The van der Waals surface area contributed by atoms with E-state index in [4.69, 9.17) is 0 Å². The lowest BCUT2D eigenvalue weighted by molar-refractivity contribution is 0.610. The zero-order valence-electron chi connectivity index (χ0n) is 11.7. The zero-order chi connectivity index (χ0) is 13.2. The minimum Gasteiger partial charge on any atom is -0.382 e. The normalized spacial score (nSPS) is 17.9. The fourth-order valence-electron chi connectivity index (χ4n) is 2.93. The van der Waals surface area contributed by atoms with E-state index in [0.29, 0.717) is 6.04 Å². The van der Waals surface area contributed by atoms with Gasteiger partial charge in [-0.15, -0.1) is 0 Å². The second-order valence-electron chi connectivity index (χ2n) is 5.67. The highest BCUT2D eigenvalue weighted by molar-refractivity contribution is 5.53. The number of hydrogen-bond acceptors (Lipinski definition) is 1. The highest BCUT2D eigenvalue weighted by Crippen LogP contribution is 2.25. The Kier molecular flexibility index (Phi) is 3.29. The summed E-state index contributed by atoms with van der Waals surface area (Å²) in [6, 6.07) is 16.0. The molecule has 0 bridgehead atoms. The number of rotatable bonds is 2. The Morgan fingerprint density at radius 1 is 1.00 bits per heavy atom. The fraction of sp³-hybridized carbons (Fsp3) is 0.333. The molecule has 1 nitrogen and oxygen atoms in total. The highest BCUT2D eigenvalue weighted by atomic mass is 14.9. The van der Waals surface area contributed by atoms with Crippen molar-refractivity contribution in [3.05, 3.63) is 64.7 Å². The number of aryl methyl sites for hydroxylation is 3. The number of hydrogen-bond donors (Lipinski definition) is 1. The van der Waals surface area contributed by atoms with E-state index in [1.807, 2.05) is 0 Å². The van der Waals surface area contributed by atoms with Crippen LogP contribution >= 0.6 is 0 Å². The lowest BCUT2D eigenvalue weighted by Crippen LogP contribution is -2.27. The Balaban J connectivity index is 1.77. The van der Waals surface area contributed by atoms with Crippen molar-refractivity contribution in [2.75, 3.05) is 5.32 Å². The molecule has 1 aliphatic carbocycles. The summed E-state index contributed by atoms with van der Waals surface area (Å²) in [5.41, 5.74) is 7.00. The van der Waals surface area contributed by atoms with Crippen LogP contribution in [0, 0.1) is 13.8 Å². The topological polar surface area (TPSA) is 12.0 Å². The van der Waals surface area contributed by atoms with Gasteiger partial charge in [-0.3, -0.25) is 0 Å². The van der Waals surface area contributed by atoms with Gasteiger partial charge in [0.15, 0.2) is 0 Å². The van der Waals surface area contributed by atoms with Crippen molar-refractivity contribution in [2.24, 2.45) is 0 Å². The summed E-state index contributed by atoms with van der Waals surface area (Å²) in [7, 11) is 0. The summed E-state index contributed by atoms with van der Waals surface area (Å²) >= 11 is 0. The molecular formula is C18H21N. The molecule has 1 N–H and O–H groups in total. The van der Waals surface area contributed by atoms with Crippen molar-refractivity contribution in [3.63, 3.8) is 0 Å². The molecule has 98 valence electrons. The average Bonchev–Trinajstić information content (AvgIpc) is 2.43. The Hall–Kier alpha value is -1.76. The number of nitrogens with one attached hydrogen (secondary N) is 1. The summed E-state index contributed by atoms with van der Waals surface area (Å²) in [6.45, 7) is 4.33. The molecule has 0 spiro atoms. The van der Waals surface area contributed by atoms with Crippen LogP contribution < -0.4 is 5.32 Å². The summed E-state index contributed by atoms with van der Waals surface area (Å²) < 4.78 is 0. The van der Waals surface area contributed by atoms with Gasteiger partial charge in [0.1, 0.15) is 0 Å². The maximum Gasteiger partial charge on any atom is 0.0374 e. The summed E-state index contributed by atoms with van der Waals surface area (Å²) in [4.78, 5) is 0. The van der Waals surface area contributed by atoms with Gasteiger partial charge < -0.3 is 5.32 Å². The van der Waals surface area contributed by atoms with Crippen molar-refractivity contribution >= 4 is 5.69 Å². The molecule has 0 saturated heterocycles. The van der Waals surface area contributed by atoms with E-state index in [9.17, 15) is 0 Å². The van der Waals surface area contributed by atoms with Crippen LogP contribution in [-0.2, 0) is 12.8 Å². The maximum atomic E-state index is 3.73. The van der Waals surface area contributed by atoms with E-state index >= 15 is 0 Å². The lowest BCUT2D eigenvalue weighted by atomic mass is 9.88. The molecule has 0 fully saturated rings. The Labute approximate surface area is 115 Å². The molecule has 0 saturated carbocycles. The van der Waals surface area contributed by atoms with Crippen molar-refractivity contribution in [1.29, 1.82) is 0 Å². The summed E-state index contributed by atoms with van der Waals surface area (Å²) in [6.07, 6.45) is 3.56. The number of benzene rings is 2. The molecule has 3 rings (SSSR count). The fourth-order valence-corrected chi connectivity index (χ4v) is 2.93. The SMILES string of the molecule is Cc1ccc(C)c(NC2CCc3ccccc3C2)c1. The molecule has 2 aromatic carbocycles. The van der Waals surface area contributed by atoms with Crippen molar-refractivity contribution in [2.45, 2.75) is 39.2 Å². The number of fused-ring (bicyclic) bond motifs is 1. The molecule has 0 amide bonds. The van der Waals surface area contributed by atoms with Crippen LogP contribution in [0.3, 0.4) is 0 Å². The van der Waals surface area contributed by atoms with Gasteiger partial charge in [-0.05, 0) is 61.4 Å². The van der Waals surface area contributed by atoms with E-state index in [0.717, 1.165) is 6.42 Å². The van der Waals surface area contributed by atoms with Gasteiger partial charge in [0.25, 0.3) is 0 Å². The van der Waals surface area contributed by atoms with Crippen molar-refractivity contribution in [1.82, 2.24) is 0 Å². The van der Waals surface area contributed by atoms with E-state index in [1.54, 1.807) is 0 Å². The molecule has 1 atom stereocenters. The second kappa shape index (κ2) is 5.08. The van der Waals surface area contributed by atoms with Crippen LogP contribution in [0.2, 0.25) is 0 Å². The molecule has 19 heavy (non-hydrogen) atoms. The first-order chi connectivity index (χ1) is 9.22. The average molecular weight is 251 g/mol. The van der Waals surface area contributed by atoms with Crippen molar-refractivity contribution < 1.29 is 0 Å². The monoisotopic (exact) mass is 251 g/mol. The molecule has 1 aliphatic rings. The molecule has 0 radical (unpaired) electrons. The zero-order valence-corrected chi connectivity index (χ0v) is 11.7. The predicted octanol–water partition coefficient (Wildman–Crippen LogP) is 4.27. The Morgan fingerprint density at radius 2 is 1.79 bits per heavy atom. The quantitative estimate of drug-likeness (QED) is 0.840. The first-order valence-corrected chi connectivity index (χ1v) is 7.13. The van der Waals surface area contributed by atoms with Gasteiger partial charge in [-0.1, -0.05) is 36.4 Å². The summed E-state index contributed by atoms with van der Waals surface area (Å²) in [5, 5.41) is 3.73. The van der Waals surface area contributed by atoms with Crippen LogP contribution in [0.1, 0.15) is 28.7 Å². The van der Waals surface area contributed by atoms with Gasteiger partial charge in [-0.25, -0.2) is 0 Å². The minimum atomic E-state index is 0.565. The third kappa shape index (κ3) is 2.65. The molecule has 0 aliphatic heterocycles. The highest BCUT2D eigenvalue weighted by Gasteiger charge is 2.18. The van der Waals surface area contributed by atoms with Crippen LogP contribution in [0.25, 0.3) is 0 Å². The largest absolute Gasteiger partial charge is 0.382 e. The molecule has 1 heteroatoms. The minimum absolute atomic E-state index is 0.565. The van der Waals surface area contributed by atoms with Crippen molar-refractivity contribution in [3.8, 4) is 0 Å². The van der Waals surface area contributed by atoms with E-state index < -0.39 is 0 Å². The van der Waals surface area contributed by atoms with Gasteiger partial charge in [0, 0.05) is 11.7 Å². The number of anilines is 1. The molecule has 0 aromatic heterocycles. The molecule has 1 unspecified atom stereocenters. The van der Waals surface area contributed by atoms with Crippen LogP contribution in [-0.4, -0.2) is 6.04 Å². The smallest absolute Gasteiger partial charge is 0.0374 e. The van der Waals surface area contributed by atoms with Gasteiger partial charge in [0.2, 0.25) is 0 Å². The van der Waals surface area contributed by atoms with Gasteiger partial charge in [-0.2, -0.15) is 0 Å². The molecular weight excluding hydrogens is 230 g/mol. The maximum absolute atomic E-state index is 3.73. The first-order valence-electron chi connectivity index (χ1n) is 7.13. The first kappa shape index (κ1) is 12.3. The Morgan fingerprint density at radius 3 is 2.63 bits per heavy atom. The molecule has 2 aromatic rings. The molecule has 0 heterocycles.